The van der Waals surface area contributed by atoms with Crippen LogP contribution in [0.5, 0.6) is 0 Å². The molecule has 0 aliphatic carbocycles. The van der Waals surface area contributed by atoms with Gasteiger partial charge in [-0.15, -0.1) is 0 Å². The monoisotopic (exact) mass is 384 g/mol. The molecule has 1 amide bonds. The van der Waals surface area contributed by atoms with E-state index in [1.165, 1.54) is 0 Å². The summed E-state index contributed by atoms with van der Waals surface area (Å²) in [5.74, 6) is -3.03. The lowest BCUT2D eigenvalue weighted by atomic mass is 10.2. The number of hydrogen-bond acceptors (Lipinski definition) is 3. The number of carbonyl (C=O) groups is 1. The first-order valence-corrected chi connectivity index (χ1v) is 9.26. The van der Waals surface area contributed by atoms with E-state index in [0.717, 1.165) is 40.7 Å². The first kappa shape index (κ1) is 18.4. The fourth-order valence-electron chi connectivity index (χ4n) is 2.84. The van der Waals surface area contributed by atoms with Crippen molar-refractivity contribution in [1.29, 1.82) is 0 Å². The Morgan fingerprint density at radius 3 is 2.35 bits per heavy atom. The second-order valence-electron chi connectivity index (χ2n) is 5.84. The van der Waals surface area contributed by atoms with E-state index in [1.54, 1.807) is 0 Å². The van der Waals surface area contributed by atoms with Crippen molar-refractivity contribution in [3.63, 3.8) is 0 Å². The van der Waals surface area contributed by atoms with E-state index in [2.05, 4.69) is 5.32 Å². The molecule has 1 aliphatic rings. The smallest absolute Gasteiger partial charge is 0.243 e. The number of carbonyl (C=O) groups excluding carboxylic acids is 1. The van der Waals surface area contributed by atoms with Crippen molar-refractivity contribution in [3.05, 3.63) is 59.9 Å². The standard InChI is InChI=1S/C17H15F3N2O3S/c18-11-3-6-13(7-4-11)26(24,25)22-9-1-2-16(22)17(23)21-15-8-5-12(19)10-14(15)20/h3-8,10,16H,1-2,9H2,(H,21,23). The molecule has 1 unspecified atom stereocenters. The van der Waals surface area contributed by atoms with E-state index >= 15 is 0 Å². The topological polar surface area (TPSA) is 66.5 Å². The predicted octanol–water partition coefficient (Wildman–Crippen LogP) is 2.90. The molecule has 1 N–H and O–H groups in total. The number of sulfonamides is 1. The van der Waals surface area contributed by atoms with Gasteiger partial charge in [-0.3, -0.25) is 4.79 Å². The third kappa shape index (κ3) is 3.58. The average Bonchev–Trinajstić information content (AvgIpc) is 3.08. The van der Waals surface area contributed by atoms with Crippen LogP contribution in [0.3, 0.4) is 0 Å². The highest BCUT2D eigenvalue weighted by Crippen LogP contribution is 2.27. The van der Waals surface area contributed by atoms with E-state index in [1.807, 2.05) is 0 Å². The quantitative estimate of drug-likeness (QED) is 0.882. The molecule has 3 rings (SSSR count). The van der Waals surface area contributed by atoms with Gasteiger partial charge in [-0.1, -0.05) is 0 Å². The molecule has 26 heavy (non-hydrogen) atoms. The summed E-state index contributed by atoms with van der Waals surface area (Å²) < 4.78 is 66.2. The molecule has 2 aromatic rings. The summed E-state index contributed by atoms with van der Waals surface area (Å²) in [7, 11) is -4.01. The fraction of sp³-hybridized carbons (Fsp3) is 0.235. The van der Waals surface area contributed by atoms with Gasteiger partial charge in [-0.2, -0.15) is 4.31 Å². The number of hydrogen-bond donors (Lipinski definition) is 1. The summed E-state index contributed by atoms with van der Waals surface area (Å²) in [5.41, 5.74) is -0.234. The van der Waals surface area contributed by atoms with Gasteiger partial charge in [0.15, 0.2) is 0 Å². The van der Waals surface area contributed by atoms with Crippen LogP contribution in [0.15, 0.2) is 47.4 Å². The molecule has 2 aromatic carbocycles. The first-order valence-electron chi connectivity index (χ1n) is 7.82. The van der Waals surface area contributed by atoms with E-state index in [0.29, 0.717) is 12.5 Å². The maximum atomic E-state index is 13.7. The Labute approximate surface area is 148 Å². The minimum atomic E-state index is -4.01. The Balaban J connectivity index is 1.83. The summed E-state index contributed by atoms with van der Waals surface area (Å²) in [6.07, 6.45) is 0.708. The molecule has 0 saturated carbocycles. The van der Waals surface area contributed by atoms with Crippen LogP contribution in [-0.4, -0.2) is 31.2 Å². The molecule has 1 fully saturated rings. The Bertz CT molecular complexity index is 933. The van der Waals surface area contributed by atoms with Gasteiger partial charge in [0, 0.05) is 12.6 Å². The van der Waals surface area contributed by atoms with Crippen LogP contribution >= 0.6 is 0 Å². The van der Waals surface area contributed by atoms with Crippen molar-refractivity contribution in [2.75, 3.05) is 11.9 Å². The van der Waals surface area contributed by atoms with Gasteiger partial charge < -0.3 is 5.32 Å². The summed E-state index contributed by atoms with van der Waals surface area (Å²) in [5, 5.41) is 2.30. The Kier molecular flexibility index (Phi) is 5.01. The predicted molar refractivity (Wildman–Crippen MR) is 88.3 cm³/mol. The minimum absolute atomic E-state index is 0.115. The van der Waals surface area contributed by atoms with Crippen molar-refractivity contribution < 1.29 is 26.4 Å². The van der Waals surface area contributed by atoms with E-state index in [9.17, 15) is 26.4 Å². The molecule has 9 heteroatoms. The fourth-order valence-corrected chi connectivity index (χ4v) is 4.50. The molecule has 1 aliphatic heterocycles. The first-order chi connectivity index (χ1) is 12.3. The van der Waals surface area contributed by atoms with Gasteiger partial charge in [0.05, 0.1) is 10.6 Å². The van der Waals surface area contributed by atoms with Gasteiger partial charge in [0.2, 0.25) is 15.9 Å². The van der Waals surface area contributed by atoms with Crippen molar-refractivity contribution in [3.8, 4) is 0 Å². The SMILES string of the molecule is O=C(Nc1ccc(F)cc1F)C1CCCN1S(=O)(=O)c1ccc(F)cc1. The molecular formula is C17H15F3N2O3S. The van der Waals surface area contributed by atoms with Crippen LogP contribution < -0.4 is 5.32 Å². The zero-order valence-corrected chi connectivity index (χ0v) is 14.3. The van der Waals surface area contributed by atoms with Crippen LogP contribution in [0.2, 0.25) is 0 Å². The van der Waals surface area contributed by atoms with Crippen molar-refractivity contribution in [2.24, 2.45) is 0 Å². The second-order valence-corrected chi connectivity index (χ2v) is 7.73. The lowest BCUT2D eigenvalue weighted by Crippen LogP contribution is -2.43. The van der Waals surface area contributed by atoms with Crippen LogP contribution in [0, 0.1) is 17.5 Å². The Morgan fingerprint density at radius 2 is 1.69 bits per heavy atom. The van der Waals surface area contributed by atoms with Crippen LogP contribution in [-0.2, 0) is 14.8 Å². The molecule has 5 nitrogen and oxygen atoms in total. The van der Waals surface area contributed by atoms with Crippen LogP contribution in [0.4, 0.5) is 18.9 Å². The number of nitrogens with zero attached hydrogens (tertiary/aromatic N) is 1. The average molecular weight is 384 g/mol. The molecule has 138 valence electrons. The van der Waals surface area contributed by atoms with E-state index in [-0.39, 0.29) is 23.5 Å². The summed E-state index contributed by atoms with van der Waals surface area (Å²) >= 11 is 0. The summed E-state index contributed by atoms with van der Waals surface area (Å²) in [4.78, 5) is 12.3. The third-order valence-corrected chi connectivity index (χ3v) is 6.04. The summed E-state index contributed by atoms with van der Waals surface area (Å²) in [6.45, 7) is 0.115. The number of anilines is 1. The Morgan fingerprint density at radius 1 is 1.04 bits per heavy atom. The molecular weight excluding hydrogens is 369 g/mol. The maximum absolute atomic E-state index is 13.7. The number of halogens is 3. The second kappa shape index (κ2) is 7.08. The van der Waals surface area contributed by atoms with Gasteiger partial charge >= 0.3 is 0 Å². The van der Waals surface area contributed by atoms with Crippen LogP contribution in [0.1, 0.15) is 12.8 Å². The number of nitrogens with one attached hydrogen (secondary N) is 1. The number of benzene rings is 2. The Hall–Kier alpha value is -2.39. The molecule has 1 atom stereocenters. The van der Waals surface area contributed by atoms with E-state index in [4.69, 9.17) is 0 Å². The molecule has 0 aromatic heterocycles. The van der Waals surface area contributed by atoms with Crippen molar-refractivity contribution >= 4 is 21.6 Å². The van der Waals surface area contributed by atoms with Gasteiger partial charge in [-0.05, 0) is 49.2 Å². The van der Waals surface area contributed by atoms with Crippen molar-refractivity contribution in [1.82, 2.24) is 4.31 Å². The normalized spacial score (nSPS) is 18.0. The van der Waals surface area contributed by atoms with Gasteiger partial charge in [0.25, 0.3) is 0 Å². The summed E-state index contributed by atoms with van der Waals surface area (Å²) in [6, 6.07) is 5.93. The van der Waals surface area contributed by atoms with Crippen LogP contribution in [0.25, 0.3) is 0 Å². The van der Waals surface area contributed by atoms with Gasteiger partial charge in [0.1, 0.15) is 23.5 Å². The van der Waals surface area contributed by atoms with Crippen molar-refractivity contribution in [2.45, 2.75) is 23.8 Å². The lowest BCUT2D eigenvalue weighted by molar-refractivity contribution is -0.119. The molecule has 1 saturated heterocycles. The zero-order chi connectivity index (χ0) is 18.9. The van der Waals surface area contributed by atoms with E-state index < -0.39 is 39.4 Å². The zero-order valence-electron chi connectivity index (χ0n) is 13.5. The minimum Gasteiger partial charge on any atom is -0.322 e. The van der Waals surface area contributed by atoms with Gasteiger partial charge in [-0.25, -0.2) is 21.6 Å². The highest BCUT2D eigenvalue weighted by molar-refractivity contribution is 7.89. The lowest BCUT2D eigenvalue weighted by Gasteiger charge is -2.23. The molecule has 0 radical (unpaired) electrons. The number of rotatable bonds is 4. The maximum Gasteiger partial charge on any atom is 0.243 e. The molecule has 0 bridgehead atoms. The highest BCUT2D eigenvalue weighted by Gasteiger charge is 2.39. The highest BCUT2D eigenvalue weighted by atomic mass is 32.2. The molecule has 0 spiro atoms. The largest absolute Gasteiger partial charge is 0.322 e. The molecule has 1 heterocycles. The third-order valence-electron chi connectivity index (χ3n) is 4.12. The number of amides is 1.